The first kappa shape index (κ1) is 23.5. The van der Waals surface area contributed by atoms with Crippen molar-refractivity contribution in [3.8, 4) is 0 Å². The van der Waals surface area contributed by atoms with E-state index in [-0.39, 0.29) is 31.6 Å². The van der Waals surface area contributed by atoms with Gasteiger partial charge in [-0.3, -0.25) is 14.2 Å². The summed E-state index contributed by atoms with van der Waals surface area (Å²) in [5.74, 6) is -0.358. The van der Waals surface area contributed by atoms with Gasteiger partial charge in [0.1, 0.15) is 23.9 Å². The summed E-state index contributed by atoms with van der Waals surface area (Å²) in [6.45, 7) is 5.36. The van der Waals surface area contributed by atoms with Gasteiger partial charge in [-0.1, -0.05) is 48.5 Å². The van der Waals surface area contributed by atoms with Crippen LogP contribution in [0.3, 0.4) is 0 Å². The van der Waals surface area contributed by atoms with Crippen molar-refractivity contribution >= 4 is 23.0 Å². The molecule has 0 saturated carbocycles. The number of aliphatic hydroxyl groups excluding tert-OH is 1. The number of ether oxygens (including phenoxy) is 2. The summed E-state index contributed by atoms with van der Waals surface area (Å²) >= 11 is 0. The maximum absolute atomic E-state index is 12.9. The number of morpholine rings is 1. The molecule has 0 aliphatic carbocycles. The Bertz CT molecular complexity index is 1250. The van der Waals surface area contributed by atoms with E-state index in [4.69, 9.17) is 14.3 Å². The number of esters is 1. The highest BCUT2D eigenvalue weighted by atomic mass is 16.7. The molecule has 2 fully saturated rings. The van der Waals surface area contributed by atoms with Crippen LogP contribution in [0, 0.1) is 0 Å². The molecule has 2 aliphatic heterocycles. The van der Waals surface area contributed by atoms with E-state index in [1.807, 2.05) is 75.4 Å². The number of aromatic nitrogens is 1. The molecule has 0 radical (unpaired) electrons. The average Bonchev–Trinajstić information content (AvgIpc) is 3.39. The van der Waals surface area contributed by atoms with Crippen molar-refractivity contribution in [2.24, 2.45) is 0 Å². The lowest BCUT2D eigenvalue weighted by molar-refractivity contribution is -0.257. The van der Waals surface area contributed by atoms with Crippen LogP contribution in [0.15, 0.2) is 60.8 Å². The molecule has 1 aromatic heterocycles. The van der Waals surface area contributed by atoms with E-state index in [1.54, 1.807) is 11.3 Å². The summed E-state index contributed by atoms with van der Waals surface area (Å²) < 4.78 is 12.6. The second kappa shape index (κ2) is 8.78. The summed E-state index contributed by atoms with van der Waals surface area (Å²) in [5.41, 5.74) is 0.829. The molecule has 0 spiro atoms. The first-order valence-electron chi connectivity index (χ1n) is 11.8. The summed E-state index contributed by atoms with van der Waals surface area (Å²) in [7, 11) is 0. The molecule has 8 heteroatoms. The highest BCUT2D eigenvalue weighted by molar-refractivity contribution is 5.92. The minimum atomic E-state index is -1.04. The Morgan fingerprint density at radius 1 is 1.11 bits per heavy atom. The average molecular weight is 479 g/mol. The fraction of sp³-hybridized carbons (Fsp3) is 0.407. The Kier molecular flexibility index (Phi) is 5.91. The zero-order valence-corrected chi connectivity index (χ0v) is 20.1. The van der Waals surface area contributed by atoms with Crippen LogP contribution in [0.5, 0.6) is 0 Å². The number of cyclic esters (lactones) is 1. The summed E-state index contributed by atoms with van der Waals surface area (Å²) in [6.07, 6.45) is 1.85. The Balaban J connectivity index is 1.48. The quantitative estimate of drug-likeness (QED) is 0.567. The fourth-order valence-corrected chi connectivity index (χ4v) is 4.94. The molecular weight excluding hydrogens is 448 g/mol. The Morgan fingerprint density at radius 2 is 1.83 bits per heavy atom. The van der Waals surface area contributed by atoms with Gasteiger partial charge in [0.25, 0.3) is 0 Å². The number of nitrogens with zero attached hydrogens (tertiary/aromatic N) is 2. The van der Waals surface area contributed by atoms with Crippen molar-refractivity contribution in [3.05, 3.63) is 71.9 Å². The molecule has 3 heterocycles. The van der Waals surface area contributed by atoms with Crippen LogP contribution < -0.4 is 0 Å². The zero-order valence-electron chi connectivity index (χ0n) is 20.1. The van der Waals surface area contributed by atoms with Gasteiger partial charge in [0, 0.05) is 24.4 Å². The summed E-state index contributed by atoms with van der Waals surface area (Å²) in [5, 5.41) is 13.1. The molecule has 5 rings (SSSR count). The van der Waals surface area contributed by atoms with Gasteiger partial charge < -0.3 is 14.6 Å². The molecule has 1 unspecified atom stereocenters. The predicted octanol–water partition coefficient (Wildman–Crippen LogP) is 4.00. The van der Waals surface area contributed by atoms with Crippen LogP contribution in [0.25, 0.3) is 10.9 Å². The van der Waals surface area contributed by atoms with Crippen LogP contribution in [-0.4, -0.2) is 57.3 Å². The lowest BCUT2D eigenvalue weighted by Crippen LogP contribution is -2.46. The number of benzene rings is 2. The number of aliphatic hydroxyl groups is 1. The molecule has 184 valence electrons. The van der Waals surface area contributed by atoms with E-state index in [0.29, 0.717) is 11.9 Å². The van der Waals surface area contributed by atoms with Crippen LogP contribution in [0.1, 0.15) is 44.4 Å². The Hall–Kier alpha value is -3.20. The molecule has 1 N–H and O–H groups in total. The highest BCUT2D eigenvalue weighted by Gasteiger charge is 2.54. The van der Waals surface area contributed by atoms with Gasteiger partial charge >= 0.3 is 12.1 Å². The van der Waals surface area contributed by atoms with E-state index in [0.717, 1.165) is 16.5 Å². The van der Waals surface area contributed by atoms with E-state index in [9.17, 15) is 14.7 Å². The second-order valence-electron chi connectivity index (χ2n) is 10.3. The number of carbonyl (C=O) groups excluding carboxylic acids is 2. The SMILES string of the molecule is CC(C)(C)OC(=O)n1cc(C[C@@]2(CO)CC3C(=O)OC[C@H](c4ccccc4)N3O2)c2ccccc21. The standard InChI is InChI=1S/C27H30N2O6/c1-26(2,3)34-25(32)28-15-19(20-11-7-8-12-21(20)28)13-27(17-30)14-22-24(31)33-16-23(29(22)35-27)18-9-5-4-6-10-18/h4-12,15,22-23,30H,13-14,16-17H2,1-3H3/t22?,23-,27+/m1/s1. The lowest BCUT2D eigenvalue weighted by atomic mass is 9.89. The van der Waals surface area contributed by atoms with Gasteiger partial charge in [-0.2, -0.15) is 5.06 Å². The molecule has 3 atom stereocenters. The minimum absolute atomic E-state index is 0.179. The number of rotatable bonds is 4. The molecule has 2 saturated heterocycles. The maximum Gasteiger partial charge on any atom is 0.419 e. The maximum atomic E-state index is 12.9. The summed E-state index contributed by atoms with van der Waals surface area (Å²) in [6, 6.07) is 16.4. The first-order chi connectivity index (χ1) is 16.7. The van der Waals surface area contributed by atoms with Gasteiger partial charge in [-0.15, -0.1) is 0 Å². The molecule has 2 aromatic carbocycles. The molecule has 35 heavy (non-hydrogen) atoms. The smallest absolute Gasteiger partial charge is 0.419 e. The third-order valence-electron chi connectivity index (χ3n) is 6.50. The zero-order chi connectivity index (χ0) is 24.8. The van der Waals surface area contributed by atoms with Crippen LogP contribution in [0.2, 0.25) is 0 Å². The molecular formula is C27H30N2O6. The molecule has 8 nitrogen and oxygen atoms in total. The molecule has 0 amide bonds. The number of hydrogen-bond acceptors (Lipinski definition) is 7. The van der Waals surface area contributed by atoms with Crippen molar-refractivity contribution in [1.82, 2.24) is 9.63 Å². The first-order valence-corrected chi connectivity index (χ1v) is 11.8. The fourth-order valence-electron chi connectivity index (χ4n) is 4.94. The summed E-state index contributed by atoms with van der Waals surface area (Å²) in [4.78, 5) is 32.0. The van der Waals surface area contributed by atoms with Gasteiger partial charge in [0.15, 0.2) is 0 Å². The largest absolute Gasteiger partial charge is 0.462 e. The third kappa shape index (κ3) is 4.45. The molecule has 0 bridgehead atoms. The second-order valence-corrected chi connectivity index (χ2v) is 10.3. The number of para-hydroxylation sites is 1. The van der Waals surface area contributed by atoms with Crippen molar-refractivity contribution in [1.29, 1.82) is 0 Å². The Labute approximate surface area is 203 Å². The van der Waals surface area contributed by atoms with Crippen molar-refractivity contribution in [2.75, 3.05) is 13.2 Å². The normalized spacial score (nSPS) is 24.9. The van der Waals surface area contributed by atoms with E-state index >= 15 is 0 Å². The van der Waals surface area contributed by atoms with E-state index in [2.05, 4.69) is 0 Å². The van der Waals surface area contributed by atoms with Crippen molar-refractivity contribution in [3.63, 3.8) is 0 Å². The monoisotopic (exact) mass is 478 g/mol. The topological polar surface area (TPSA) is 90.2 Å². The molecule has 2 aliphatic rings. The van der Waals surface area contributed by atoms with Crippen LogP contribution >= 0.6 is 0 Å². The number of fused-ring (bicyclic) bond motifs is 2. The highest BCUT2D eigenvalue weighted by Crippen LogP contribution is 2.42. The van der Waals surface area contributed by atoms with E-state index < -0.39 is 23.3 Å². The van der Waals surface area contributed by atoms with Crippen LogP contribution in [-0.2, 0) is 25.5 Å². The molecule has 3 aromatic rings. The van der Waals surface area contributed by atoms with Gasteiger partial charge in [0.05, 0.1) is 18.2 Å². The van der Waals surface area contributed by atoms with Crippen molar-refractivity contribution < 1.29 is 29.0 Å². The minimum Gasteiger partial charge on any atom is -0.462 e. The van der Waals surface area contributed by atoms with Gasteiger partial charge in [-0.25, -0.2) is 4.79 Å². The number of carbonyl (C=O) groups is 2. The Morgan fingerprint density at radius 3 is 2.54 bits per heavy atom. The number of hydrogen-bond donors (Lipinski definition) is 1. The van der Waals surface area contributed by atoms with Gasteiger partial charge in [-0.05, 0) is 38.0 Å². The van der Waals surface area contributed by atoms with Gasteiger partial charge in [0.2, 0.25) is 0 Å². The number of hydroxylamine groups is 2. The van der Waals surface area contributed by atoms with Crippen LogP contribution in [0.4, 0.5) is 4.79 Å². The third-order valence-corrected chi connectivity index (χ3v) is 6.50. The predicted molar refractivity (Wildman–Crippen MR) is 129 cm³/mol. The van der Waals surface area contributed by atoms with E-state index in [1.165, 1.54) is 4.57 Å². The van der Waals surface area contributed by atoms with Crippen molar-refractivity contribution in [2.45, 2.75) is 56.9 Å². The lowest BCUT2D eigenvalue weighted by Gasteiger charge is -2.35.